The Morgan fingerprint density at radius 3 is 2.93 bits per heavy atom. The molecule has 1 fully saturated rings. The first-order valence-electron chi connectivity index (χ1n) is 5.93. The van der Waals surface area contributed by atoms with Crippen molar-refractivity contribution in [1.29, 1.82) is 0 Å². The van der Waals surface area contributed by atoms with Gasteiger partial charge in [-0.25, -0.2) is 4.98 Å². The van der Waals surface area contributed by atoms with E-state index in [9.17, 15) is 0 Å². The van der Waals surface area contributed by atoms with E-state index in [0.717, 1.165) is 18.4 Å². The molecule has 0 spiro atoms. The number of nitrogens with one attached hydrogen (secondary N) is 1. The lowest BCUT2D eigenvalue weighted by Crippen LogP contribution is -2.26. The largest absolute Gasteiger partial charge is 0.319 e. The maximum Gasteiger partial charge on any atom is 0.0928 e. The lowest BCUT2D eigenvalue weighted by molar-refractivity contribution is 0.328. The normalized spacial score (nSPS) is 19.5. The molecule has 1 atom stereocenters. The second-order valence-corrected chi connectivity index (χ2v) is 5.47. The highest BCUT2D eigenvalue weighted by Crippen LogP contribution is 2.33. The van der Waals surface area contributed by atoms with Crippen LogP contribution in [0, 0.1) is 11.8 Å². The maximum absolute atomic E-state index is 4.40. The fourth-order valence-electron chi connectivity index (χ4n) is 2.67. The first-order valence-corrected chi connectivity index (χ1v) is 6.81. The van der Waals surface area contributed by atoms with E-state index >= 15 is 0 Å². The van der Waals surface area contributed by atoms with Gasteiger partial charge in [-0.2, -0.15) is 0 Å². The molecule has 1 unspecified atom stereocenters. The van der Waals surface area contributed by atoms with E-state index in [1.165, 1.54) is 37.1 Å². The molecule has 84 valence electrons. The molecule has 0 radical (unpaired) electrons. The molecule has 0 bridgehead atoms. The highest BCUT2D eigenvalue weighted by Gasteiger charge is 2.25. The van der Waals surface area contributed by atoms with Crippen LogP contribution in [-0.4, -0.2) is 18.6 Å². The summed E-state index contributed by atoms with van der Waals surface area (Å²) in [7, 11) is 2.06. The monoisotopic (exact) mass is 224 g/mol. The summed E-state index contributed by atoms with van der Waals surface area (Å²) in [5.41, 5.74) is 0. The second-order valence-electron chi connectivity index (χ2n) is 4.49. The van der Waals surface area contributed by atoms with Crippen molar-refractivity contribution in [3.63, 3.8) is 0 Å². The zero-order valence-electron chi connectivity index (χ0n) is 9.41. The zero-order valence-corrected chi connectivity index (χ0v) is 10.2. The summed E-state index contributed by atoms with van der Waals surface area (Å²) < 4.78 is 0. The van der Waals surface area contributed by atoms with Gasteiger partial charge in [0.05, 0.1) is 5.01 Å². The molecule has 0 aliphatic heterocycles. The van der Waals surface area contributed by atoms with E-state index in [1.54, 1.807) is 11.3 Å². The van der Waals surface area contributed by atoms with Crippen LogP contribution >= 0.6 is 11.3 Å². The van der Waals surface area contributed by atoms with Crippen molar-refractivity contribution >= 4 is 11.3 Å². The first-order chi connectivity index (χ1) is 7.40. The van der Waals surface area contributed by atoms with Gasteiger partial charge >= 0.3 is 0 Å². The molecule has 1 aromatic heterocycles. The van der Waals surface area contributed by atoms with Gasteiger partial charge in [0, 0.05) is 18.0 Å². The van der Waals surface area contributed by atoms with Crippen LogP contribution in [0.4, 0.5) is 0 Å². The molecule has 0 aromatic carbocycles. The van der Waals surface area contributed by atoms with E-state index in [-0.39, 0.29) is 0 Å². The van der Waals surface area contributed by atoms with Crippen LogP contribution in [0.25, 0.3) is 0 Å². The number of hydrogen-bond acceptors (Lipinski definition) is 3. The summed E-state index contributed by atoms with van der Waals surface area (Å²) in [6.07, 6.45) is 8.81. The third-order valence-corrected chi connectivity index (χ3v) is 4.26. The predicted molar refractivity (Wildman–Crippen MR) is 65.2 cm³/mol. The van der Waals surface area contributed by atoms with Gasteiger partial charge in [-0.1, -0.05) is 25.7 Å². The van der Waals surface area contributed by atoms with E-state index < -0.39 is 0 Å². The van der Waals surface area contributed by atoms with Crippen molar-refractivity contribution in [2.75, 3.05) is 13.6 Å². The molecule has 1 N–H and O–H groups in total. The molecule has 2 nitrogen and oxygen atoms in total. The zero-order chi connectivity index (χ0) is 10.5. The average Bonchev–Trinajstić information content (AvgIpc) is 2.89. The third kappa shape index (κ3) is 3.02. The Morgan fingerprint density at radius 2 is 2.33 bits per heavy atom. The van der Waals surface area contributed by atoms with Crippen molar-refractivity contribution in [3.05, 3.63) is 16.6 Å². The average molecular weight is 224 g/mol. The second kappa shape index (κ2) is 5.61. The SMILES string of the molecule is CNCC(Cc1nccs1)C1CCCC1. The van der Waals surface area contributed by atoms with Crippen LogP contribution in [0.2, 0.25) is 0 Å². The Kier molecular flexibility index (Phi) is 4.15. The molecule has 1 aromatic rings. The molecule has 2 rings (SSSR count). The van der Waals surface area contributed by atoms with Crippen LogP contribution in [0.5, 0.6) is 0 Å². The third-order valence-electron chi connectivity index (χ3n) is 3.45. The van der Waals surface area contributed by atoms with Crippen molar-refractivity contribution in [2.24, 2.45) is 11.8 Å². The van der Waals surface area contributed by atoms with Gasteiger partial charge < -0.3 is 5.32 Å². The van der Waals surface area contributed by atoms with Crippen molar-refractivity contribution < 1.29 is 0 Å². The van der Waals surface area contributed by atoms with Crippen molar-refractivity contribution in [2.45, 2.75) is 32.1 Å². The van der Waals surface area contributed by atoms with Crippen LogP contribution in [0.15, 0.2) is 11.6 Å². The van der Waals surface area contributed by atoms with Gasteiger partial charge in [0.2, 0.25) is 0 Å². The molecule has 1 heterocycles. The fourth-order valence-corrected chi connectivity index (χ4v) is 3.39. The Morgan fingerprint density at radius 1 is 1.53 bits per heavy atom. The molecule has 0 saturated heterocycles. The van der Waals surface area contributed by atoms with E-state index in [1.807, 2.05) is 6.20 Å². The lowest BCUT2D eigenvalue weighted by atomic mass is 9.88. The van der Waals surface area contributed by atoms with Crippen LogP contribution in [0.1, 0.15) is 30.7 Å². The Bertz CT molecular complexity index is 265. The number of nitrogens with zero attached hydrogens (tertiary/aromatic N) is 1. The lowest BCUT2D eigenvalue weighted by Gasteiger charge is -2.22. The van der Waals surface area contributed by atoms with Crippen molar-refractivity contribution in [3.8, 4) is 0 Å². The summed E-state index contributed by atoms with van der Waals surface area (Å²) in [5.74, 6) is 1.73. The smallest absolute Gasteiger partial charge is 0.0928 e. The number of aromatic nitrogens is 1. The molecular formula is C12H20N2S. The van der Waals surface area contributed by atoms with Gasteiger partial charge in [-0.05, 0) is 25.4 Å². The molecular weight excluding hydrogens is 204 g/mol. The summed E-state index contributed by atoms with van der Waals surface area (Å²) >= 11 is 1.80. The minimum atomic E-state index is 0.795. The van der Waals surface area contributed by atoms with Gasteiger partial charge in [0.1, 0.15) is 0 Å². The Hall–Kier alpha value is -0.410. The standard InChI is InChI=1S/C12H20N2S/c1-13-9-11(10-4-2-3-5-10)8-12-14-6-7-15-12/h6-7,10-11,13H,2-5,8-9H2,1H3. The number of thiazole rings is 1. The van der Waals surface area contributed by atoms with Crippen LogP contribution in [-0.2, 0) is 6.42 Å². The van der Waals surface area contributed by atoms with Crippen LogP contribution in [0.3, 0.4) is 0 Å². The summed E-state index contributed by atoms with van der Waals surface area (Å²) in [6.45, 7) is 1.14. The van der Waals surface area contributed by atoms with Crippen LogP contribution < -0.4 is 5.32 Å². The topological polar surface area (TPSA) is 24.9 Å². The maximum atomic E-state index is 4.40. The van der Waals surface area contributed by atoms with Gasteiger partial charge in [0.25, 0.3) is 0 Å². The van der Waals surface area contributed by atoms with Gasteiger partial charge in [-0.15, -0.1) is 11.3 Å². The first kappa shape index (κ1) is 11.1. The molecule has 1 saturated carbocycles. The molecule has 0 amide bonds. The minimum absolute atomic E-state index is 0.795. The highest BCUT2D eigenvalue weighted by atomic mass is 32.1. The number of hydrogen-bond donors (Lipinski definition) is 1. The highest BCUT2D eigenvalue weighted by molar-refractivity contribution is 7.09. The van der Waals surface area contributed by atoms with Gasteiger partial charge in [0.15, 0.2) is 0 Å². The quantitative estimate of drug-likeness (QED) is 0.832. The Labute approximate surface area is 96.1 Å². The summed E-state index contributed by atoms with van der Waals surface area (Å²) in [4.78, 5) is 4.40. The van der Waals surface area contributed by atoms with E-state index in [2.05, 4.69) is 22.7 Å². The predicted octanol–water partition coefficient (Wildman–Crippen LogP) is 2.71. The molecule has 1 aliphatic rings. The molecule has 3 heteroatoms. The van der Waals surface area contributed by atoms with E-state index in [4.69, 9.17) is 0 Å². The molecule has 1 aliphatic carbocycles. The van der Waals surface area contributed by atoms with Gasteiger partial charge in [-0.3, -0.25) is 0 Å². The van der Waals surface area contributed by atoms with Crippen molar-refractivity contribution in [1.82, 2.24) is 10.3 Å². The minimum Gasteiger partial charge on any atom is -0.319 e. The molecule has 15 heavy (non-hydrogen) atoms. The summed E-state index contributed by atoms with van der Waals surface area (Å²) in [6, 6.07) is 0. The Balaban J connectivity index is 1.93. The van der Waals surface area contributed by atoms with E-state index in [0.29, 0.717) is 0 Å². The summed E-state index contributed by atoms with van der Waals surface area (Å²) in [5, 5.41) is 6.73. The number of rotatable bonds is 5. The fraction of sp³-hybridized carbons (Fsp3) is 0.750.